The van der Waals surface area contributed by atoms with Crippen molar-refractivity contribution in [3.05, 3.63) is 72.6 Å². The minimum Gasteiger partial charge on any atom is -0.372 e. The van der Waals surface area contributed by atoms with Gasteiger partial charge < -0.3 is 15.2 Å². The molecule has 7 nitrogen and oxygen atoms in total. The monoisotopic (exact) mass is 450 g/mol. The lowest BCUT2D eigenvalue weighted by molar-refractivity contribution is -0.115. The van der Waals surface area contributed by atoms with E-state index in [-0.39, 0.29) is 16.3 Å². The third kappa shape index (κ3) is 3.40. The Labute approximate surface area is 188 Å². The zero-order chi connectivity index (χ0) is 22.3. The van der Waals surface area contributed by atoms with E-state index in [1.165, 1.54) is 5.69 Å². The van der Waals surface area contributed by atoms with Gasteiger partial charge in [-0.3, -0.25) is 4.79 Å². The molecule has 166 valence electrons. The van der Waals surface area contributed by atoms with Gasteiger partial charge in [0, 0.05) is 37.1 Å². The van der Waals surface area contributed by atoms with Crippen LogP contribution in [0.4, 0.5) is 11.4 Å². The Hall–Kier alpha value is -3.10. The first-order chi connectivity index (χ1) is 15.4. The van der Waals surface area contributed by atoms with Gasteiger partial charge >= 0.3 is 0 Å². The van der Waals surface area contributed by atoms with Gasteiger partial charge in [0.15, 0.2) is 0 Å². The SMILES string of the molecule is CCC(=O)Nc1ccc(S(=O)(=O)N2CCC3(CC2)Nc2ccccc2-n2cccc23)cc1. The number of fused-ring (bicyclic) bond motifs is 4. The lowest BCUT2D eigenvalue weighted by atomic mass is 9.83. The van der Waals surface area contributed by atoms with Gasteiger partial charge in [0.25, 0.3) is 0 Å². The predicted molar refractivity (Wildman–Crippen MR) is 124 cm³/mol. The fraction of sp³-hybridized carbons (Fsp3) is 0.292. The van der Waals surface area contributed by atoms with Crippen LogP contribution >= 0.6 is 0 Å². The maximum Gasteiger partial charge on any atom is 0.243 e. The maximum absolute atomic E-state index is 13.3. The molecule has 8 heteroatoms. The summed E-state index contributed by atoms with van der Waals surface area (Å²) in [5.74, 6) is -0.103. The second-order valence-corrected chi connectivity index (χ2v) is 10.3. The van der Waals surface area contributed by atoms with E-state index in [1.807, 2.05) is 18.2 Å². The molecule has 0 radical (unpaired) electrons. The van der Waals surface area contributed by atoms with Crippen molar-refractivity contribution in [2.75, 3.05) is 23.7 Å². The van der Waals surface area contributed by atoms with Crippen molar-refractivity contribution in [3.8, 4) is 5.69 Å². The number of sulfonamides is 1. The van der Waals surface area contributed by atoms with Crippen LogP contribution in [0.3, 0.4) is 0 Å². The number of para-hydroxylation sites is 2. The number of rotatable bonds is 4. The number of piperidine rings is 1. The average molecular weight is 451 g/mol. The van der Waals surface area contributed by atoms with E-state index in [1.54, 1.807) is 35.5 Å². The molecule has 2 N–H and O–H groups in total. The van der Waals surface area contributed by atoms with E-state index in [9.17, 15) is 13.2 Å². The molecular formula is C24H26N4O3S. The molecule has 1 amide bonds. The highest BCUT2D eigenvalue weighted by Crippen LogP contribution is 2.43. The van der Waals surface area contributed by atoms with Crippen LogP contribution in [0.1, 0.15) is 31.9 Å². The van der Waals surface area contributed by atoms with Gasteiger partial charge in [0.2, 0.25) is 15.9 Å². The Morgan fingerprint density at radius 3 is 2.47 bits per heavy atom. The molecule has 2 aliphatic heterocycles. The average Bonchev–Trinajstić information content (AvgIpc) is 3.31. The minimum atomic E-state index is -3.61. The Morgan fingerprint density at radius 1 is 1.03 bits per heavy atom. The van der Waals surface area contributed by atoms with Crippen molar-refractivity contribution in [2.45, 2.75) is 36.6 Å². The van der Waals surface area contributed by atoms with Gasteiger partial charge in [-0.15, -0.1) is 0 Å². The minimum absolute atomic E-state index is 0.103. The van der Waals surface area contributed by atoms with Crippen LogP contribution in [-0.4, -0.2) is 36.3 Å². The standard InChI is InChI=1S/C24H26N4O3S/c1-2-23(29)25-18-9-11-19(12-10-18)32(30,31)27-16-13-24(14-17-27)22-8-5-15-28(22)21-7-4-3-6-20(21)26-24/h3-12,15,26H,2,13-14,16-17H2,1H3,(H,25,29). The number of carbonyl (C=O) groups is 1. The van der Waals surface area contributed by atoms with E-state index in [0.29, 0.717) is 38.0 Å². The number of amides is 1. The first-order valence-corrected chi connectivity index (χ1v) is 12.3. The van der Waals surface area contributed by atoms with Crippen molar-refractivity contribution in [1.82, 2.24) is 8.87 Å². The number of carbonyl (C=O) groups excluding carboxylic acids is 1. The van der Waals surface area contributed by atoms with Crippen LogP contribution in [0.25, 0.3) is 5.69 Å². The van der Waals surface area contributed by atoms with Gasteiger partial charge in [0.05, 0.1) is 21.8 Å². The summed E-state index contributed by atoms with van der Waals surface area (Å²) in [5, 5.41) is 6.46. The fourth-order valence-electron chi connectivity index (χ4n) is 4.69. The summed E-state index contributed by atoms with van der Waals surface area (Å²) in [5.41, 5.74) is 3.65. The smallest absolute Gasteiger partial charge is 0.243 e. The van der Waals surface area contributed by atoms with Crippen LogP contribution in [0.5, 0.6) is 0 Å². The van der Waals surface area contributed by atoms with Crippen LogP contribution in [0.2, 0.25) is 0 Å². The van der Waals surface area contributed by atoms with Crippen LogP contribution in [0, 0.1) is 0 Å². The van der Waals surface area contributed by atoms with Crippen molar-refractivity contribution < 1.29 is 13.2 Å². The molecule has 2 aromatic carbocycles. The molecule has 1 fully saturated rings. The van der Waals surface area contributed by atoms with E-state index in [2.05, 4.69) is 39.6 Å². The second-order valence-electron chi connectivity index (χ2n) is 8.32. The Morgan fingerprint density at radius 2 is 1.75 bits per heavy atom. The van der Waals surface area contributed by atoms with Gasteiger partial charge in [-0.2, -0.15) is 4.31 Å². The highest BCUT2D eigenvalue weighted by atomic mass is 32.2. The predicted octanol–water partition coefficient (Wildman–Crippen LogP) is 3.93. The van der Waals surface area contributed by atoms with E-state index in [4.69, 9.17) is 0 Å². The quantitative estimate of drug-likeness (QED) is 0.631. The molecule has 0 atom stereocenters. The van der Waals surface area contributed by atoms with E-state index < -0.39 is 10.0 Å². The van der Waals surface area contributed by atoms with E-state index >= 15 is 0 Å². The summed E-state index contributed by atoms with van der Waals surface area (Å²) in [6, 6.07) is 18.8. The molecule has 3 heterocycles. The largest absolute Gasteiger partial charge is 0.372 e. The van der Waals surface area contributed by atoms with Gasteiger partial charge in [-0.25, -0.2) is 8.42 Å². The first-order valence-electron chi connectivity index (χ1n) is 10.9. The number of benzene rings is 2. The van der Waals surface area contributed by atoms with Gasteiger partial charge in [0.1, 0.15) is 0 Å². The molecule has 0 bridgehead atoms. The van der Waals surface area contributed by atoms with Gasteiger partial charge in [-0.1, -0.05) is 19.1 Å². The highest BCUT2D eigenvalue weighted by Gasteiger charge is 2.43. The molecule has 0 saturated carbocycles. The molecule has 1 spiro atoms. The highest BCUT2D eigenvalue weighted by molar-refractivity contribution is 7.89. The summed E-state index contributed by atoms with van der Waals surface area (Å²) >= 11 is 0. The van der Waals surface area contributed by atoms with Crippen molar-refractivity contribution in [2.24, 2.45) is 0 Å². The molecule has 5 rings (SSSR count). The summed E-state index contributed by atoms with van der Waals surface area (Å²) in [7, 11) is -3.61. The van der Waals surface area contributed by atoms with Crippen LogP contribution in [-0.2, 0) is 20.4 Å². The lowest BCUT2D eigenvalue weighted by Crippen LogP contribution is -2.50. The second kappa shape index (κ2) is 7.79. The van der Waals surface area contributed by atoms with Crippen LogP contribution < -0.4 is 10.6 Å². The third-order valence-corrected chi connectivity index (χ3v) is 8.36. The first kappa shape index (κ1) is 20.8. The van der Waals surface area contributed by atoms with Crippen molar-refractivity contribution >= 4 is 27.3 Å². The normalized spacial score (nSPS) is 17.3. The van der Waals surface area contributed by atoms with E-state index in [0.717, 1.165) is 11.4 Å². The van der Waals surface area contributed by atoms with Crippen molar-refractivity contribution in [3.63, 3.8) is 0 Å². The zero-order valence-electron chi connectivity index (χ0n) is 17.9. The lowest BCUT2D eigenvalue weighted by Gasteiger charge is -2.45. The number of aromatic nitrogens is 1. The summed E-state index contributed by atoms with van der Waals surface area (Å²) < 4.78 is 30.3. The Balaban J connectivity index is 1.35. The molecule has 2 aliphatic rings. The number of nitrogens with one attached hydrogen (secondary N) is 2. The molecule has 1 saturated heterocycles. The zero-order valence-corrected chi connectivity index (χ0v) is 18.7. The molecule has 1 aromatic heterocycles. The molecule has 32 heavy (non-hydrogen) atoms. The molecule has 0 unspecified atom stereocenters. The van der Waals surface area contributed by atoms with Gasteiger partial charge in [-0.05, 0) is 61.4 Å². The fourth-order valence-corrected chi connectivity index (χ4v) is 6.13. The maximum atomic E-state index is 13.3. The number of nitrogens with zero attached hydrogens (tertiary/aromatic N) is 2. The summed E-state index contributed by atoms with van der Waals surface area (Å²) in [4.78, 5) is 11.8. The Bertz CT molecular complexity index is 1260. The van der Waals surface area contributed by atoms with Crippen LogP contribution in [0.15, 0.2) is 71.8 Å². The van der Waals surface area contributed by atoms with Crippen molar-refractivity contribution in [1.29, 1.82) is 0 Å². The number of hydrogen-bond acceptors (Lipinski definition) is 4. The topological polar surface area (TPSA) is 83.4 Å². The molecule has 3 aromatic rings. The summed E-state index contributed by atoms with van der Waals surface area (Å²) in [6.07, 6.45) is 3.79. The molecular weight excluding hydrogens is 424 g/mol. The summed E-state index contributed by atoms with van der Waals surface area (Å²) in [6.45, 7) is 2.63. The number of hydrogen-bond donors (Lipinski definition) is 2. The number of anilines is 2. The Kier molecular flexibility index (Phi) is 5.06. The third-order valence-electron chi connectivity index (χ3n) is 6.45. The molecule has 0 aliphatic carbocycles.